The molecule has 2 aromatic rings. The van der Waals surface area contributed by atoms with Crippen molar-refractivity contribution in [3.8, 4) is 0 Å². The summed E-state index contributed by atoms with van der Waals surface area (Å²) in [6, 6.07) is 12.8. The Hall–Kier alpha value is -3.15. The quantitative estimate of drug-likeness (QED) is 0.871. The predicted octanol–water partition coefficient (Wildman–Crippen LogP) is 2.57. The number of nitrogens with zero attached hydrogens (tertiary/aromatic N) is 2. The smallest absolute Gasteiger partial charge is 0.256 e. The fourth-order valence-corrected chi connectivity index (χ4v) is 4.26. The minimum absolute atomic E-state index is 0.0970. The molecule has 1 atom stereocenters. The van der Waals surface area contributed by atoms with Crippen molar-refractivity contribution in [2.75, 3.05) is 18.0 Å². The van der Waals surface area contributed by atoms with Crippen LogP contribution in [0, 0.1) is 13.8 Å². The SMILES string of the molecule is Cc1ccccc1CNC(=O)CN1C(=O)[C@H]2CCCN2C(=O)c2cccc(C)c21. The third-order valence-corrected chi connectivity index (χ3v) is 5.84. The normalized spacial score (nSPS) is 18.3. The molecular formula is C23H25N3O3. The van der Waals surface area contributed by atoms with Crippen LogP contribution in [0.25, 0.3) is 0 Å². The summed E-state index contributed by atoms with van der Waals surface area (Å²) in [5.74, 6) is -0.535. The second-order valence-electron chi connectivity index (χ2n) is 7.76. The molecule has 1 N–H and O–H groups in total. The van der Waals surface area contributed by atoms with E-state index in [1.165, 1.54) is 4.90 Å². The average molecular weight is 391 g/mol. The summed E-state index contributed by atoms with van der Waals surface area (Å²) in [6.07, 6.45) is 1.44. The lowest BCUT2D eigenvalue weighted by molar-refractivity contribution is -0.125. The summed E-state index contributed by atoms with van der Waals surface area (Å²) in [5.41, 5.74) is 4.01. The molecule has 3 amide bonds. The van der Waals surface area contributed by atoms with Crippen molar-refractivity contribution in [2.24, 2.45) is 0 Å². The summed E-state index contributed by atoms with van der Waals surface area (Å²) < 4.78 is 0. The van der Waals surface area contributed by atoms with Crippen molar-refractivity contribution in [1.29, 1.82) is 0 Å². The maximum atomic E-state index is 13.3. The molecule has 2 aliphatic rings. The summed E-state index contributed by atoms with van der Waals surface area (Å²) in [7, 11) is 0. The summed E-state index contributed by atoms with van der Waals surface area (Å²) in [4.78, 5) is 42.3. The Morgan fingerprint density at radius 3 is 2.62 bits per heavy atom. The van der Waals surface area contributed by atoms with Crippen LogP contribution >= 0.6 is 0 Å². The molecule has 2 aliphatic heterocycles. The highest BCUT2D eigenvalue weighted by Crippen LogP contribution is 2.34. The molecule has 4 rings (SSSR count). The first-order valence-corrected chi connectivity index (χ1v) is 10.0. The number of rotatable bonds is 4. The zero-order valence-electron chi connectivity index (χ0n) is 16.8. The first kappa shape index (κ1) is 19.2. The Bertz CT molecular complexity index is 985. The van der Waals surface area contributed by atoms with Crippen molar-refractivity contribution in [1.82, 2.24) is 10.2 Å². The highest BCUT2D eigenvalue weighted by molar-refractivity contribution is 6.13. The van der Waals surface area contributed by atoms with Gasteiger partial charge in [0.25, 0.3) is 5.91 Å². The van der Waals surface area contributed by atoms with Crippen molar-refractivity contribution in [3.05, 3.63) is 64.7 Å². The third kappa shape index (κ3) is 3.50. The molecule has 0 unspecified atom stereocenters. The molecule has 6 heteroatoms. The summed E-state index contributed by atoms with van der Waals surface area (Å²) >= 11 is 0. The van der Waals surface area contributed by atoms with E-state index in [0.717, 1.165) is 23.1 Å². The lowest BCUT2D eigenvalue weighted by atomic mass is 10.1. The number of anilines is 1. The van der Waals surface area contributed by atoms with E-state index in [-0.39, 0.29) is 24.3 Å². The molecule has 1 fully saturated rings. The number of nitrogens with one attached hydrogen (secondary N) is 1. The standard InChI is InChI=1S/C23H25N3O3/c1-15-7-3-4-9-17(15)13-24-20(27)14-26-21-16(2)8-5-10-18(21)22(28)25-12-6-11-19(25)23(26)29/h3-5,7-10,19H,6,11-14H2,1-2H3,(H,24,27)/t19-/m1/s1. The van der Waals surface area contributed by atoms with Gasteiger partial charge in [0.1, 0.15) is 12.6 Å². The molecule has 2 aromatic carbocycles. The zero-order chi connectivity index (χ0) is 20.5. The first-order chi connectivity index (χ1) is 14.0. The number of benzene rings is 2. The molecule has 2 heterocycles. The second kappa shape index (κ2) is 7.70. The minimum atomic E-state index is -0.488. The van der Waals surface area contributed by atoms with Crippen molar-refractivity contribution < 1.29 is 14.4 Å². The molecule has 0 bridgehead atoms. The lowest BCUT2D eigenvalue weighted by Gasteiger charge is -2.26. The molecule has 6 nitrogen and oxygen atoms in total. The molecule has 0 aliphatic carbocycles. The second-order valence-corrected chi connectivity index (χ2v) is 7.76. The van der Waals surface area contributed by atoms with E-state index in [0.29, 0.717) is 30.8 Å². The number of carbonyl (C=O) groups excluding carboxylic acids is 3. The lowest BCUT2D eigenvalue weighted by Crippen LogP contribution is -2.48. The summed E-state index contributed by atoms with van der Waals surface area (Å²) in [6.45, 7) is 4.76. The Morgan fingerprint density at radius 1 is 1.07 bits per heavy atom. The van der Waals surface area contributed by atoms with Crippen LogP contribution in [0.3, 0.4) is 0 Å². The van der Waals surface area contributed by atoms with Crippen LogP contribution in [0.4, 0.5) is 5.69 Å². The summed E-state index contributed by atoms with van der Waals surface area (Å²) in [5, 5.41) is 2.92. The van der Waals surface area contributed by atoms with Crippen LogP contribution in [0.1, 0.15) is 39.9 Å². The van der Waals surface area contributed by atoms with Gasteiger partial charge in [-0.3, -0.25) is 14.4 Å². The molecule has 1 saturated heterocycles. The van der Waals surface area contributed by atoms with Crippen molar-refractivity contribution >= 4 is 23.4 Å². The van der Waals surface area contributed by atoms with Gasteiger partial charge in [0, 0.05) is 13.1 Å². The molecular weight excluding hydrogens is 366 g/mol. The van der Waals surface area contributed by atoms with Gasteiger partial charge in [-0.05, 0) is 49.4 Å². The van der Waals surface area contributed by atoms with Crippen LogP contribution in [-0.2, 0) is 16.1 Å². The van der Waals surface area contributed by atoms with Gasteiger partial charge in [-0.2, -0.15) is 0 Å². The van der Waals surface area contributed by atoms with Crippen LogP contribution in [0.15, 0.2) is 42.5 Å². The Kier molecular flexibility index (Phi) is 5.09. The Balaban J connectivity index is 1.60. The monoisotopic (exact) mass is 391 g/mol. The maximum Gasteiger partial charge on any atom is 0.256 e. The van der Waals surface area contributed by atoms with Crippen LogP contribution in [0.5, 0.6) is 0 Å². The molecule has 0 spiro atoms. The van der Waals surface area contributed by atoms with Crippen LogP contribution < -0.4 is 10.2 Å². The van der Waals surface area contributed by atoms with E-state index < -0.39 is 6.04 Å². The minimum Gasteiger partial charge on any atom is -0.350 e. The average Bonchev–Trinajstić information content (AvgIpc) is 3.18. The van der Waals surface area contributed by atoms with Gasteiger partial charge in [-0.15, -0.1) is 0 Å². The number of aryl methyl sites for hydroxylation is 2. The molecule has 0 radical (unpaired) electrons. The third-order valence-electron chi connectivity index (χ3n) is 5.84. The van der Waals surface area contributed by atoms with Gasteiger partial charge in [0.15, 0.2) is 0 Å². The molecule has 29 heavy (non-hydrogen) atoms. The number of para-hydroxylation sites is 1. The topological polar surface area (TPSA) is 69.7 Å². The van der Waals surface area contributed by atoms with Gasteiger partial charge < -0.3 is 15.1 Å². The van der Waals surface area contributed by atoms with E-state index in [4.69, 9.17) is 0 Å². The Morgan fingerprint density at radius 2 is 1.83 bits per heavy atom. The van der Waals surface area contributed by atoms with E-state index in [9.17, 15) is 14.4 Å². The fraction of sp³-hybridized carbons (Fsp3) is 0.348. The van der Waals surface area contributed by atoms with Gasteiger partial charge in [0.05, 0.1) is 11.3 Å². The van der Waals surface area contributed by atoms with E-state index >= 15 is 0 Å². The van der Waals surface area contributed by atoms with E-state index in [1.807, 2.05) is 50.2 Å². The Labute approximate surface area is 170 Å². The van der Waals surface area contributed by atoms with Crippen LogP contribution in [0.2, 0.25) is 0 Å². The number of carbonyl (C=O) groups is 3. The predicted molar refractivity (Wildman–Crippen MR) is 111 cm³/mol. The van der Waals surface area contributed by atoms with Gasteiger partial charge in [0.2, 0.25) is 11.8 Å². The van der Waals surface area contributed by atoms with Crippen LogP contribution in [-0.4, -0.2) is 41.8 Å². The number of hydrogen-bond donors (Lipinski definition) is 1. The van der Waals surface area contributed by atoms with Gasteiger partial charge >= 0.3 is 0 Å². The number of fused-ring (bicyclic) bond motifs is 2. The number of hydrogen-bond acceptors (Lipinski definition) is 3. The highest BCUT2D eigenvalue weighted by atomic mass is 16.2. The molecule has 150 valence electrons. The van der Waals surface area contributed by atoms with E-state index in [1.54, 1.807) is 11.0 Å². The molecule has 0 aromatic heterocycles. The zero-order valence-corrected chi connectivity index (χ0v) is 16.8. The fourth-order valence-electron chi connectivity index (χ4n) is 4.26. The number of amides is 3. The van der Waals surface area contributed by atoms with Crippen molar-refractivity contribution in [3.63, 3.8) is 0 Å². The van der Waals surface area contributed by atoms with E-state index in [2.05, 4.69) is 5.32 Å². The first-order valence-electron chi connectivity index (χ1n) is 10.0. The molecule has 0 saturated carbocycles. The van der Waals surface area contributed by atoms with Crippen molar-refractivity contribution in [2.45, 2.75) is 39.3 Å². The maximum absolute atomic E-state index is 13.3. The highest BCUT2D eigenvalue weighted by Gasteiger charge is 2.42. The van der Waals surface area contributed by atoms with Gasteiger partial charge in [-0.25, -0.2) is 0 Å². The van der Waals surface area contributed by atoms with Gasteiger partial charge in [-0.1, -0.05) is 36.4 Å². The largest absolute Gasteiger partial charge is 0.350 e.